The molecule has 0 radical (unpaired) electrons. The minimum Gasteiger partial charge on any atom is -0.497 e. The monoisotopic (exact) mass is 367 g/mol. The molecule has 0 bridgehead atoms. The average molecular weight is 369 g/mol. The molecular formula is C17H19BrClNO. The smallest absolute Gasteiger partial charge is 0.118 e. The number of ether oxygens (including phenoxy) is 1. The predicted octanol–water partition coefficient (Wildman–Crippen LogP) is 5.00. The average Bonchev–Trinajstić information content (AvgIpc) is 2.47. The van der Waals surface area contributed by atoms with Gasteiger partial charge in [-0.15, -0.1) is 0 Å². The Labute approximate surface area is 139 Å². The molecule has 0 spiro atoms. The first-order valence-electron chi connectivity index (χ1n) is 6.91. The number of hydrogen-bond acceptors (Lipinski definition) is 2. The molecule has 1 N–H and O–H groups in total. The van der Waals surface area contributed by atoms with Crippen LogP contribution in [-0.2, 0) is 6.42 Å². The second kappa shape index (κ2) is 7.83. The first kappa shape index (κ1) is 16.3. The van der Waals surface area contributed by atoms with Crippen molar-refractivity contribution in [3.63, 3.8) is 0 Å². The van der Waals surface area contributed by atoms with Crippen LogP contribution < -0.4 is 10.1 Å². The van der Waals surface area contributed by atoms with Crippen LogP contribution in [0, 0.1) is 0 Å². The molecule has 112 valence electrons. The number of halogens is 2. The third-order valence-corrected chi connectivity index (χ3v) is 4.27. The van der Waals surface area contributed by atoms with Crippen molar-refractivity contribution < 1.29 is 4.74 Å². The zero-order chi connectivity index (χ0) is 15.2. The molecule has 2 rings (SSSR count). The van der Waals surface area contributed by atoms with Crippen molar-refractivity contribution in [3.05, 3.63) is 63.1 Å². The molecule has 2 nitrogen and oxygen atoms in total. The largest absolute Gasteiger partial charge is 0.497 e. The highest BCUT2D eigenvalue weighted by atomic mass is 79.9. The van der Waals surface area contributed by atoms with Gasteiger partial charge in [0.15, 0.2) is 0 Å². The van der Waals surface area contributed by atoms with E-state index >= 15 is 0 Å². The summed E-state index contributed by atoms with van der Waals surface area (Å²) in [6.45, 7) is 3.03. The quantitative estimate of drug-likeness (QED) is 0.774. The van der Waals surface area contributed by atoms with E-state index in [1.807, 2.05) is 24.3 Å². The molecule has 21 heavy (non-hydrogen) atoms. The van der Waals surface area contributed by atoms with Crippen molar-refractivity contribution in [3.8, 4) is 5.75 Å². The van der Waals surface area contributed by atoms with E-state index in [1.54, 1.807) is 7.11 Å². The fourth-order valence-electron chi connectivity index (χ4n) is 2.19. The molecule has 0 aliphatic rings. The van der Waals surface area contributed by atoms with Gasteiger partial charge >= 0.3 is 0 Å². The summed E-state index contributed by atoms with van der Waals surface area (Å²) < 4.78 is 6.16. The van der Waals surface area contributed by atoms with Gasteiger partial charge in [-0.05, 0) is 55.3 Å². The highest BCUT2D eigenvalue weighted by Crippen LogP contribution is 2.26. The molecule has 2 aromatic carbocycles. The topological polar surface area (TPSA) is 21.3 Å². The lowest BCUT2D eigenvalue weighted by Gasteiger charge is -2.16. The Morgan fingerprint density at radius 1 is 1.19 bits per heavy atom. The lowest BCUT2D eigenvalue weighted by molar-refractivity contribution is 0.414. The van der Waals surface area contributed by atoms with Crippen LogP contribution in [0.2, 0.25) is 5.02 Å². The highest BCUT2D eigenvalue weighted by molar-refractivity contribution is 9.10. The molecule has 0 aromatic heterocycles. The molecule has 1 unspecified atom stereocenters. The Morgan fingerprint density at radius 3 is 2.52 bits per heavy atom. The molecule has 0 saturated heterocycles. The van der Waals surface area contributed by atoms with E-state index in [-0.39, 0.29) is 6.04 Å². The Balaban J connectivity index is 1.87. The molecule has 0 aliphatic heterocycles. The minimum absolute atomic E-state index is 0.226. The Kier molecular flexibility index (Phi) is 6.09. The summed E-state index contributed by atoms with van der Waals surface area (Å²) in [6, 6.07) is 14.4. The van der Waals surface area contributed by atoms with Crippen LogP contribution in [0.4, 0.5) is 0 Å². The SMILES string of the molecule is COc1ccc(CCNC(C)c2ccc(Br)cc2Cl)cc1. The molecule has 0 fully saturated rings. The standard InChI is InChI=1S/C17H19BrClNO/c1-12(16-8-5-14(18)11-17(16)19)20-10-9-13-3-6-15(21-2)7-4-13/h3-8,11-12,20H,9-10H2,1-2H3. The van der Waals surface area contributed by atoms with Crippen LogP contribution in [-0.4, -0.2) is 13.7 Å². The maximum atomic E-state index is 6.27. The number of benzene rings is 2. The van der Waals surface area contributed by atoms with Gasteiger partial charge in [0, 0.05) is 15.5 Å². The fraction of sp³-hybridized carbons (Fsp3) is 0.294. The molecule has 1 atom stereocenters. The van der Waals surface area contributed by atoms with E-state index in [9.17, 15) is 0 Å². The minimum atomic E-state index is 0.226. The van der Waals surface area contributed by atoms with Crippen molar-refractivity contribution in [1.29, 1.82) is 0 Å². The summed E-state index contributed by atoms with van der Waals surface area (Å²) in [6.07, 6.45) is 0.975. The first-order valence-corrected chi connectivity index (χ1v) is 8.08. The summed E-state index contributed by atoms with van der Waals surface area (Å²) in [5.74, 6) is 0.890. The van der Waals surface area contributed by atoms with Crippen LogP contribution in [0.5, 0.6) is 5.75 Å². The molecule has 0 heterocycles. The van der Waals surface area contributed by atoms with Crippen LogP contribution in [0.3, 0.4) is 0 Å². The van der Waals surface area contributed by atoms with Crippen molar-refractivity contribution in [2.45, 2.75) is 19.4 Å². The van der Waals surface area contributed by atoms with Gasteiger partial charge in [-0.1, -0.05) is 45.7 Å². The number of methoxy groups -OCH3 is 1. The van der Waals surface area contributed by atoms with Gasteiger partial charge in [0.1, 0.15) is 5.75 Å². The van der Waals surface area contributed by atoms with Gasteiger partial charge in [0.2, 0.25) is 0 Å². The highest BCUT2D eigenvalue weighted by Gasteiger charge is 2.09. The molecule has 0 saturated carbocycles. The van der Waals surface area contributed by atoms with Crippen LogP contribution in [0.25, 0.3) is 0 Å². The zero-order valence-electron chi connectivity index (χ0n) is 12.2. The predicted molar refractivity (Wildman–Crippen MR) is 92.3 cm³/mol. The van der Waals surface area contributed by atoms with Crippen molar-refractivity contribution >= 4 is 27.5 Å². The summed E-state index contributed by atoms with van der Waals surface area (Å²) in [5.41, 5.74) is 2.41. The lowest BCUT2D eigenvalue weighted by Crippen LogP contribution is -2.21. The molecule has 0 aliphatic carbocycles. The fourth-order valence-corrected chi connectivity index (χ4v) is 3.02. The van der Waals surface area contributed by atoms with E-state index in [0.29, 0.717) is 0 Å². The van der Waals surface area contributed by atoms with Crippen LogP contribution in [0.15, 0.2) is 46.9 Å². The molecular weight excluding hydrogens is 350 g/mol. The van der Waals surface area contributed by atoms with Gasteiger partial charge < -0.3 is 10.1 Å². The van der Waals surface area contributed by atoms with Gasteiger partial charge in [-0.3, -0.25) is 0 Å². The van der Waals surface area contributed by atoms with Crippen molar-refractivity contribution in [1.82, 2.24) is 5.32 Å². The summed E-state index contributed by atoms with van der Waals surface area (Å²) in [7, 11) is 1.68. The van der Waals surface area contributed by atoms with Gasteiger partial charge in [-0.25, -0.2) is 0 Å². The van der Waals surface area contributed by atoms with E-state index in [4.69, 9.17) is 16.3 Å². The van der Waals surface area contributed by atoms with E-state index in [0.717, 1.165) is 33.8 Å². The summed E-state index contributed by atoms with van der Waals surface area (Å²) in [5, 5.41) is 4.29. The normalized spacial score (nSPS) is 12.2. The summed E-state index contributed by atoms with van der Waals surface area (Å²) in [4.78, 5) is 0. The number of nitrogens with one attached hydrogen (secondary N) is 1. The number of rotatable bonds is 6. The second-order valence-corrected chi connectivity index (χ2v) is 6.26. The van der Waals surface area contributed by atoms with Crippen molar-refractivity contribution in [2.75, 3.05) is 13.7 Å². The zero-order valence-corrected chi connectivity index (χ0v) is 14.5. The van der Waals surface area contributed by atoms with Gasteiger partial charge in [0.25, 0.3) is 0 Å². The van der Waals surface area contributed by atoms with Crippen molar-refractivity contribution in [2.24, 2.45) is 0 Å². The van der Waals surface area contributed by atoms with Crippen LogP contribution >= 0.6 is 27.5 Å². The lowest BCUT2D eigenvalue weighted by atomic mass is 10.1. The molecule has 2 aromatic rings. The molecule has 0 amide bonds. The van der Waals surface area contributed by atoms with E-state index < -0.39 is 0 Å². The second-order valence-electron chi connectivity index (χ2n) is 4.94. The third kappa shape index (κ3) is 4.73. The third-order valence-electron chi connectivity index (χ3n) is 3.45. The Hall–Kier alpha value is -1.03. The van der Waals surface area contributed by atoms with Gasteiger partial charge in [0.05, 0.1) is 7.11 Å². The Bertz CT molecular complexity index is 586. The first-order chi connectivity index (χ1) is 10.1. The maximum Gasteiger partial charge on any atom is 0.118 e. The Morgan fingerprint density at radius 2 is 1.90 bits per heavy atom. The van der Waals surface area contributed by atoms with Gasteiger partial charge in [-0.2, -0.15) is 0 Å². The summed E-state index contributed by atoms with van der Waals surface area (Å²) >= 11 is 9.70. The molecule has 4 heteroatoms. The maximum absolute atomic E-state index is 6.27. The number of hydrogen-bond donors (Lipinski definition) is 1. The van der Waals surface area contributed by atoms with E-state index in [2.05, 4.69) is 46.4 Å². The van der Waals surface area contributed by atoms with Crippen LogP contribution in [0.1, 0.15) is 24.1 Å². The van der Waals surface area contributed by atoms with E-state index in [1.165, 1.54) is 5.56 Å².